The lowest BCUT2D eigenvalue weighted by Gasteiger charge is -2.60. The summed E-state index contributed by atoms with van der Waals surface area (Å²) >= 11 is 4.12. The number of epoxide rings is 1. The molecular weight excluding hydrogens is 383 g/mol. The molecule has 12 atom stereocenters. The number of hydrogen-bond acceptors (Lipinski definition) is 2. The number of carbonyl (C=O) groups excluding carboxylic acids is 1. The fourth-order valence-corrected chi connectivity index (χ4v) is 10.0. The van der Waals surface area contributed by atoms with Crippen LogP contribution in [0.2, 0.25) is 0 Å². The standard InChI is InChI=1S/C20H28BrO2P/c1-18-5-4-12-13(14(18)10-7-11(10)16(18)22)15(21)17-20(23-17)8-9(24)3-6-19(12,20)2/h9-15,17H,3-8,24H2,1-2H3/t9-,10?,11-,12?,13?,14?,15?,17+,18-,19+,20+/m0/s1. The molecule has 1 saturated heterocycles. The van der Waals surface area contributed by atoms with Crippen molar-refractivity contribution in [1.82, 2.24) is 0 Å². The van der Waals surface area contributed by atoms with Gasteiger partial charge in [-0.15, -0.1) is 9.24 Å². The third-order valence-corrected chi connectivity index (χ3v) is 11.2. The van der Waals surface area contributed by atoms with Gasteiger partial charge in [-0.25, -0.2) is 0 Å². The first-order chi connectivity index (χ1) is 11.3. The zero-order valence-corrected chi connectivity index (χ0v) is 17.4. The van der Waals surface area contributed by atoms with Crippen molar-refractivity contribution in [3.63, 3.8) is 0 Å². The van der Waals surface area contributed by atoms with E-state index in [1.54, 1.807) is 0 Å². The van der Waals surface area contributed by atoms with Crippen LogP contribution in [-0.2, 0) is 9.53 Å². The van der Waals surface area contributed by atoms with Crippen molar-refractivity contribution in [3.05, 3.63) is 0 Å². The molecule has 6 aliphatic rings. The second kappa shape index (κ2) is 4.33. The van der Waals surface area contributed by atoms with E-state index < -0.39 is 0 Å². The van der Waals surface area contributed by atoms with E-state index in [0.717, 1.165) is 12.3 Å². The van der Waals surface area contributed by atoms with Crippen LogP contribution in [0, 0.1) is 40.4 Å². The zero-order chi connectivity index (χ0) is 16.6. The van der Waals surface area contributed by atoms with Gasteiger partial charge >= 0.3 is 0 Å². The van der Waals surface area contributed by atoms with Gasteiger partial charge in [0.05, 0.1) is 0 Å². The molecular formula is C20H28BrO2P. The Morgan fingerprint density at radius 1 is 1.25 bits per heavy atom. The van der Waals surface area contributed by atoms with Gasteiger partial charge < -0.3 is 4.74 Å². The van der Waals surface area contributed by atoms with Crippen LogP contribution < -0.4 is 0 Å². The molecule has 132 valence electrons. The Balaban J connectivity index is 1.45. The van der Waals surface area contributed by atoms with E-state index in [4.69, 9.17) is 4.74 Å². The zero-order valence-electron chi connectivity index (χ0n) is 14.6. The summed E-state index contributed by atoms with van der Waals surface area (Å²) in [4.78, 5) is 13.4. The summed E-state index contributed by atoms with van der Waals surface area (Å²) in [7, 11) is 3.06. The van der Waals surface area contributed by atoms with Crippen molar-refractivity contribution >= 4 is 31.0 Å². The quantitative estimate of drug-likeness (QED) is 0.340. The van der Waals surface area contributed by atoms with Crippen molar-refractivity contribution in [3.8, 4) is 0 Å². The van der Waals surface area contributed by atoms with Gasteiger partial charge in [0.25, 0.3) is 0 Å². The Hall–Kier alpha value is 0.540. The lowest BCUT2D eigenvalue weighted by atomic mass is 9.44. The molecule has 0 bridgehead atoms. The Morgan fingerprint density at radius 3 is 2.83 bits per heavy atom. The monoisotopic (exact) mass is 410 g/mol. The number of ketones is 1. The molecule has 2 nitrogen and oxygen atoms in total. The molecule has 24 heavy (non-hydrogen) atoms. The van der Waals surface area contributed by atoms with Crippen LogP contribution in [0.5, 0.6) is 0 Å². The van der Waals surface area contributed by atoms with E-state index in [0.29, 0.717) is 51.5 Å². The lowest BCUT2D eigenvalue weighted by Crippen LogP contribution is -2.62. The van der Waals surface area contributed by atoms with E-state index in [-0.39, 0.29) is 11.0 Å². The molecule has 0 N–H and O–H groups in total. The fourth-order valence-electron chi connectivity index (χ4n) is 8.30. The van der Waals surface area contributed by atoms with Gasteiger partial charge in [-0.1, -0.05) is 29.8 Å². The third kappa shape index (κ3) is 1.50. The lowest BCUT2D eigenvalue weighted by molar-refractivity contribution is -0.139. The fraction of sp³-hybridized carbons (Fsp3) is 0.950. The third-order valence-electron chi connectivity index (χ3n) is 9.57. The van der Waals surface area contributed by atoms with Crippen molar-refractivity contribution in [2.75, 3.05) is 0 Å². The SMILES string of the molecule is C[C@]12CCC3C(C(Br)[C@H]4O[C@]45C[C@@H](P)CC[C@]35C)C1C1C[C@@H]1C2=O. The molecule has 6 unspecified atom stereocenters. The maximum absolute atomic E-state index is 12.9. The molecule has 6 rings (SSSR count). The largest absolute Gasteiger partial charge is 0.364 e. The Labute approximate surface area is 155 Å². The molecule has 0 aromatic rings. The minimum atomic E-state index is -0.0240. The Bertz CT molecular complexity index is 654. The molecule has 1 aliphatic heterocycles. The molecule has 0 radical (unpaired) electrons. The number of rotatable bonds is 0. The molecule has 6 fully saturated rings. The van der Waals surface area contributed by atoms with Gasteiger partial charge in [-0.05, 0) is 67.9 Å². The number of ether oxygens (including phenoxy) is 1. The molecule has 0 aromatic heterocycles. The van der Waals surface area contributed by atoms with Crippen LogP contribution in [0.3, 0.4) is 0 Å². The van der Waals surface area contributed by atoms with Gasteiger partial charge in [0.15, 0.2) is 0 Å². The topological polar surface area (TPSA) is 29.6 Å². The maximum atomic E-state index is 12.9. The van der Waals surface area contributed by atoms with Gasteiger partial charge in [0.1, 0.15) is 17.5 Å². The molecule has 4 heteroatoms. The average molecular weight is 411 g/mol. The number of Topliss-reactive ketones (excluding diaryl/α,β-unsaturated/α-hetero) is 1. The maximum Gasteiger partial charge on any atom is 0.142 e. The normalized spacial score (nSPS) is 69.1. The molecule has 1 heterocycles. The minimum Gasteiger partial charge on any atom is -0.364 e. The van der Waals surface area contributed by atoms with Crippen LogP contribution in [0.1, 0.15) is 52.4 Å². The smallest absolute Gasteiger partial charge is 0.142 e. The first-order valence-electron chi connectivity index (χ1n) is 9.95. The minimum absolute atomic E-state index is 0.0240. The molecule has 0 amide bonds. The Morgan fingerprint density at radius 2 is 2.04 bits per heavy atom. The summed E-state index contributed by atoms with van der Waals surface area (Å²) in [6.07, 6.45) is 7.79. The second-order valence-corrected chi connectivity index (χ2v) is 12.3. The summed E-state index contributed by atoms with van der Waals surface area (Å²) < 4.78 is 6.56. The van der Waals surface area contributed by atoms with Crippen LogP contribution in [0.4, 0.5) is 0 Å². The van der Waals surface area contributed by atoms with Crippen LogP contribution in [0.15, 0.2) is 0 Å². The highest BCUT2D eigenvalue weighted by Gasteiger charge is 2.80. The predicted octanol–water partition coefficient (Wildman–Crippen LogP) is 4.20. The first kappa shape index (κ1) is 15.6. The summed E-state index contributed by atoms with van der Waals surface area (Å²) in [5, 5.41) is 0. The molecule has 5 saturated carbocycles. The highest BCUT2D eigenvalue weighted by molar-refractivity contribution is 9.09. The van der Waals surface area contributed by atoms with E-state index in [1.165, 1.54) is 32.1 Å². The van der Waals surface area contributed by atoms with Crippen LogP contribution in [0.25, 0.3) is 0 Å². The van der Waals surface area contributed by atoms with Gasteiger partial charge in [-0.2, -0.15) is 0 Å². The first-order valence-corrected chi connectivity index (χ1v) is 11.5. The van der Waals surface area contributed by atoms with Gasteiger partial charge in [0, 0.05) is 21.6 Å². The van der Waals surface area contributed by atoms with Crippen molar-refractivity contribution < 1.29 is 9.53 Å². The number of carbonyl (C=O) groups is 1. The Kier molecular flexibility index (Phi) is 2.81. The van der Waals surface area contributed by atoms with E-state index in [2.05, 4.69) is 39.0 Å². The van der Waals surface area contributed by atoms with E-state index in [1.807, 2.05) is 0 Å². The van der Waals surface area contributed by atoms with Crippen molar-refractivity contribution in [1.29, 1.82) is 0 Å². The summed E-state index contributed by atoms with van der Waals surface area (Å²) in [5.41, 5.74) is 1.15. The number of fused-ring (bicyclic) bond motifs is 6. The van der Waals surface area contributed by atoms with Crippen molar-refractivity contribution in [2.24, 2.45) is 40.4 Å². The van der Waals surface area contributed by atoms with E-state index >= 15 is 0 Å². The average Bonchev–Trinajstić information content (AvgIpc) is 3.43. The summed E-state index contributed by atoms with van der Waals surface area (Å²) in [5.74, 6) is 3.73. The summed E-state index contributed by atoms with van der Waals surface area (Å²) in [6.45, 7) is 4.85. The highest BCUT2D eigenvalue weighted by Crippen LogP contribution is 2.77. The van der Waals surface area contributed by atoms with Gasteiger partial charge in [-0.3, -0.25) is 4.79 Å². The highest BCUT2D eigenvalue weighted by atomic mass is 79.9. The summed E-state index contributed by atoms with van der Waals surface area (Å²) in [6, 6.07) is 0. The van der Waals surface area contributed by atoms with Crippen molar-refractivity contribution in [2.45, 2.75) is 74.6 Å². The van der Waals surface area contributed by atoms with Crippen LogP contribution >= 0.6 is 25.2 Å². The second-order valence-electron chi connectivity index (χ2n) is 10.3. The number of hydrogen-bond donors (Lipinski definition) is 0. The van der Waals surface area contributed by atoms with Crippen LogP contribution in [-0.4, -0.2) is 28.0 Å². The molecule has 1 spiro atoms. The van der Waals surface area contributed by atoms with Gasteiger partial charge in [0.2, 0.25) is 0 Å². The molecule has 0 aromatic carbocycles. The number of alkyl halides is 1. The predicted molar refractivity (Wildman–Crippen MR) is 100 cm³/mol. The van der Waals surface area contributed by atoms with E-state index in [9.17, 15) is 4.79 Å². The molecule has 5 aliphatic carbocycles. The number of halogens is 1.